The van der Waals surface area contributed by atoms with Gasteiger partial charge in [-0.25, -0.2) is 0 Å². The van der Waals surface area contributed by atoms with Gasteiger partial charge in [-0.3, -0.25) is 9.69 Å². The fourth-order valence-electron chi connectivity index (χ4n) is 4.95. The minimum absolute atomic E-state index is 0. The zero-order valence-corrected chi connectivity index (χ0v) is 11.4. The van der Waals surface area contributed by atoms with Crippen molar-refractivity contribution in [2.45, 2.75) is 44.2 Å². The van der Waals surface area contributed by atoms with E-state index in [0.29, 0.717) is 6.04 Å². The molecule has 2 N–H and O–H groups in total. The normalized spacial score (nSPS) is 41.3. The number of amides is 1. The summed E-state index contributed by atoms with van der Waals surface area (Å²) in [6.45, 7) is 3.62. The van der Waals surface area contributed by atoms with Gasteiger partial charge in [0.25, 0.3) is 0 Å². The maximum Gasteiger partial charge on any atom is 0.246 e. The first-order valence-electron chi connectivity index (χ1n) is 7.56. The van der Waals surface area contributed by atoms with Crippen LogP contribution in [0.15, 0.2) is 12.2 Å². The van der Waals surface area contributed by atoms with E-state index >= 15 is 0 Å². The third kappa shape index (κ3) is 1.93. The van der Waals surface area contributed by atoms with E-state index in [1.165, 1.54) is 38.8 Å². The van der Waals surface area contributed by atoms with E-state index in [4.69, 9.17) is 0 Å². The Hall–Kier alpha value is -0.870. The Bertz CT molecular complexity index is 394. The lowest BCUT2D eigenvalue weighted by atomic mass is 9.68. The molecule has 0 aromatic heterocycles. The molecular weight excluding hydrogens is 240 g/mol. The zero-order valence-electron chi connectivity index (χ0n) is 11.4. The van der Waals surface area contributed by atoms with Crippen molar-refractivity contribution in [2.75, 3.05) is 19.6 Å². The molecule has 19 heavy (non-hydrogen) atoms. The Morgan fingerprint density at radius 3 is 2.79 bits per heavy atom. The van der Waals surface area contributed by atoms with E-state index in [0.717, 1.165) is 30.8 Å². The molecule has 0 radical (unpaired) electrons. The lowest BCUT2D eigenvalue weighted by Gasteiger charge is -2.57. The molecule has 0 unspecified atom stereocenters. The summed E-state index contributed by atoms with van der Waals surface area (Å²) in [6.07, 6.45) is 10.3. The second-order valence-electron chi connectivity index (χ2n) is 6.43. The average molecular weight is 264 g/mol. The number of piperidine rings is 3. The van der Waals surface area contributed by atoms with Crippen LogP contribution in [-0.2, 0) is 4.79 Å². The smallest absolute Gasteiger partial charge is 0.246 e. The minimum atomic E-state index is 0. The Morgan fingerprint density at radius 2 is 1.95 bits per heavy atom. The first-order chi connectivity index (χ1) is 8.84. The summed E-state index contributed by atoms with van der Waals surface area (Å²) in [6, 6.07) is 1.29. The van der Waals surface area contributed by atoms with Crippen LogP contribution in [0.2, 0.25) is 0 Å². The van der Waals surface area contributed by atoms with Gasteiger partial charge in [-0.15, -0.1) is 0 Å². The van der Waals surface area contributed by atoms with Crippen molar-refractivity contribution in [3.8, 4) is 0 Å². The van der Waals surface area contributed by atoms with E-state index in [-0.39, 0.29) is 11.4 Å². The standard InChI is InChI=1S/C15H22N2O.H2O/c18-14-7-1-6-13-12-5-3-9-16-8-2-4-11(15(12)16)10-17(13)14;/h1,7,11-13,15H,2-6,8-10H2;1H2/t11-,12-,13-,15-;/m1./s1. The number of hydrogen-bond acceptors (Lipinski definition) is 2. The Labute approximate surface area is 114 Å². The van der Waals surface area contributed by atoms with Crippen LogP contribution in [0.3, 0.4) is 0 Å². The summed E-state index contributed by atoms with van der Waals surface area (Å²) in [5, 5.41) is 0. The van der Waals surface area contributed by atoms with Crippen LogP contribution in [-0.4, -0.2) is 52.9 Å². The Morgan fingerprint density at radius 1 is 1.16 bits per heavy atom. The van der Waals surface area contributed by atoms with Crippen molar-refractivity contribution in [3.05, 3.63) is 12.2 Å². The Kier molecular flexibility index (Phi) is 3.39. The van der Waals surface area contributed by atoms with Crippen LogP contribution < -0.4 is 0 Å². The molecule has 106 valence electrons. The number of carbonyl (C=O) groups excluding carboxylic acids is 1. The minimum Gasteiger partial charge on any atom is -0.412 e. The van der Waals surface area contributed by atoms with E-state index in [9.17, 15) is 4.79 Å². The molecule has 3 saturated heterocycles. The third-order valence-electron chi connectivity index (χ3n) is 5.59. The number of hydrogen-bond donors (Lipinski definition) is 0. The molecule has 0 aliphatic carbocycles. The predicted octanol–water partition coefficient (Wildman–Crippen LogP) is 0.823. The molecule has 4 rings (SSSR count). The van der Waals surface area contributed by atoms with Crippen molar-refractivity contribution in [1.82, 2.24) is 9.80 Å². The molecule has 0 spiro atoms. The van der Waals surface area contributed by atoms with Gasteiger partial charge in [0.1, 0.15) is 0 Å². The van der Waals surface area contributed by atoms with Crippen molar-refractivity contribution in [2.24, 2.45) is 11.8 Å². The lowest BCUT2D eigenvalue weighted by Crippen LogP contribution is -2.65. The summed E-state index contributed by atoms with van der Waals surface area (Å²) >= 11 is 0. The SMILES string of the molecule is O.O=C1C=CC[C@@H]2[C@H]3CCCN4CCC[C@H](CN12)[C@H]34. The van der Waals surface area contributed by atoms with Crippen LogP contribution in [0.1, 0.15) is 32.1 Å². The maximum absolute atomic E-state index is 12.1. The van der Waals surface area contributed by atoms with Crippen molar-refractivity contribution in [1.29, 1.82) is 0 Å². The highest BCUT2D eigenvalue weighted by atomic mass is 16.2. The van der Waals surface area contributed by atoms with Crippen LogP contribution in [0.5, 0.6) is 0 Å². The zero-order chi connectivity index (χ0) is 12.1. The van der Waals surface area contributed by atoms with Crippen LogP contribution in [0.4, 0.5) is 0 Å². The quantitative estimate of drug-likeness (QED) is 0.650. The largest absolute Gasteiger partial charge is 0.412 e. The van der Waals surface area contributed by atoms with E-state index in [1.54, 1.807) is 6.08 Å². The molecular formula is C15H24N2O2. The highest BCUT2D eigenvalue weighted by Gasteiger charge is 2.49. The number of nitrogens with zero attached hydrogens (tertiary/aromatic N) is 2. The predicted molar refractivity (Wildman–Crippen MR) is 73.7 cm³/mol. The van der Waals surface area contributed by atoms with E-state index in [2.05, 4.69) is 15.9 Å². The molecule has 4 heterocycles. The molecule has 4 aliphatic rings. The van der Waals surface area contributed by atoms with Gasteiger partial charge in [-0.05, 0) is 63.1 Å². The molecule has 4 nitrogen and oxygen atoms in total. The van der Waals surface area contributed by atoms with Crippen molar-refractivity contribution < 1.29 is 10.3 Å². The average Bonchev–Trinajstić information content (AvgIpc) is 2.41. The molecule has 4 aliphatic heterocycles. The first-order valence-corrected chi connectivity index (χ1v) is 7.56. The summed E-state index contributed by atoms with van der Waals surface area (Å²) in [4.78, 5) is 17.0. The van der Waals surface area contributed by atoms with E-state index in [1.807, 2.05) is 0 Å². The Balaban J connectivity index is 0.00000110. The van der Waals surface area contributed by atoms with Crippen LogP contribution in [0, 0.1) is 11.8 Å². The molecule has 0 aromatic rings. The number of carbonyl (C=O) groups is 1. The molecule has 0 aromatic carbocycles. The fraction of sp³-hybridized carbons (Fsp3) is 0.800. The topological polar surface area (TPSA) is 55.1 Å². The summed E-state index contributed by atoms with van der Waals surface area (Å²) < 4.78 is 0. The number of rotatable bonds is 0. The van der Waals surface area contributed by atoms with Gasteiger partial charge < -0.3 is 10.4 Å². The maximum atomic E-state index is 12.1. The van der Waals surface area contributed by atoms with Crippen LogP contribution in [0.25, 0.3) is 0 Å². The second-order valence-corrected chi connectivity index (χ2v) is 6.43. The highest BCUT2D eigenvalue weighted by Crippen LogP contribution is 2.43. The summed E-state index contributed by atoms with van der Waals surface area (Å²) in [5.41, 5.74) is 0. The molecule has 0 bridgehead atoms. The van der Waals surface area contributed by atoms with Gasteiger partial charge in [-0.1, -0.05) is 6.08 Å². The second kappa shape index (κ2) is 4.91. The highest BCUT2D eigenvalue weighted by molar-refractivity contribution is 5.88. The molecule has 1 amide bonds. The third-order valence-corrected chi connectivity index (χ3v) is 5.59. The van der Waals surface area contributed by atoms with Crippen molar-refractivity contribution >= 4 is 5.91 Å². The van der Waals surface area contributed by atoms with Crippen molar-refractivity contribution in [3.63, 3.8) is 0 Å². The van der Waals surface area contributed by atoms with Gasteiger partial charge in [0.05, 0.1) is 0 Å². The van der Waals surface area contributed by atoms with Gasteiger partial charge in [0.15, 0.2) is 0 Å². The summed E-state index contributed by atoms with van der Waals surface area (Å²) in [5.74, 6) is 1.76. The summed E-state index contributed by atoms with van der Waals surface area (Å²) in [7, 11) is 0. The fourth-order valence-corrected chi connectivity index (χ4v) is 4.95. The van der Waals surface area contributed by atoms with Gasteiger partial charge in [0, 0.05) is 18.6 Å². The van der Waals surface area contributed by atoms with E-state index < -0.39 is 0 Å². The van der Waals surface area contributed by atoms with Crippen LogP contribution >= 0.6 is 0 Å². The van der Waals surface area contributed by atoms with Gasteiger partial charge >= 0.3 is 0 Å². The van der Waals surface area contributed by atoms with Gasteiger partial charge in [-0.2, -0.15) is 0 Å². The molecule has 4 atom stereocenters. The lowest BCUT2D eigenvalue weighted by molar-refractivity contribution is -0.141. The number of fused-ring (bicyclic) bond motifs is 2. The molecule has 0 saturated carbocycles. The van der Waals surface area contributed by atoms with Gasteiger partial charge in [0.2, 0.25) is 5.91 Å². The first kappa shape index (κ1) is 13.1. The molecule has 3 fully saturated rings. The monoisotopic (exact) mass is 264 g/mol. The molecule has 4 heteroatoms.